The standard InChI is InChI=1S/C14H19F4NO/c1-13(2,3)12(19)7-11(20)8-4-5-10(15)9(6-8)14(16,17)18/h4-6,11-12,20H,7,19H2,1-3H3/t11-,12-/m1/s1. The van der Waals surface area contributed by atoms with Gasteiger partial charge in [0.05, 0.1) is 11.7 Å². The Kier molecular flexibility index (Phi) is 4.82. The van der Waals surface area contributed by atoms with Gasteiger partial charge < -0.3 is 10.8 Å². The Morgan fingerprint density at radius 1 is 1.20 bits per heavy atom. The number of aliphatic hydroxyl groups is 1. The SMILES string of the molecule is CC(C)(C)[C@H](N)C[C@@H](O)c1ccc(F)c(C(F)(F)F)c1. The molecule has 0 aliphatic heterocycles. The first-order chi connectivity index (χ1) is 8.93. The van der Waals surface area contributed by atoms with Gasteiger partial charge in [0.2, 0.25) is 0 Å². The fourth-order valence-electron chi connectivity index (χ4n) is 1.70. The highest BCUT2D eigenvalue weighted by molar-refractivity contribution is 5.28. The van der Waals surface area contributed by atoms with Crippen LogP contribution in [0.3, 0.4) is 0 Å². The van der Waals surface area contributed by atoms with Crippen LogP contribution in [-0.2, 0) is 6.18 Å². The Labute approximate surface area is 115 Å². The lowest BCUT2D eigenvalue weighted by Gasteiger charge is -2.29. The van der Waals surface area contributed by atoms with Gasteiger partial charge in [-0.25, -0.2) is 4.39 Å². The molecule has 0 aromatic heterocycles. The van der Waals surface area contributed by atoms with Crippen molar-refractivity contribution in [3.63, 3.8) is 0 Å². The maximum Gasteiger partial charge on any atom is 0.419 e. The Morgan fingerprint density at radius 2 is 1.75 bits per heavy atom. The summed E-state index contributed by atoms with van der Waals surface area (Å²) in [7, 11) is 0. The lowest BCUT2D eigenvalue weighted by atomic mass is 9.83. The van der Waals surface area contributed by atoms with Crippen LogP contribution in [0.25, 0.3) is 0 Å². The monoisotopic (exact) mass is 293 g/mol. The van der Waals surface area contributed by atoms with Crippen LogP contribution < -0.4 is 5.73 Å². The molecule has 114 valence electrons. The van der Waals surface area contributed by atoms with E-state index in [1.54, 1.807) is 0 Å². The predicted octanol–water partition coefficient (Wildman–Crippen LogP) is 3.64. The van der Waals surface area contributed by atoms with Crippen LogP contribution in [0.5, 0.6) is 0 Å². The van der Waals surface area contributed by atoms with Gasteiger partial charge >= 0.3 is 6.18 Å². The van der Waals surface area contributed by atoms with Crippen molar-refractivity contribution in [2.75, 3.05) is 0 Å². The molecule has 0 radical (unpaired) electrons. The summed E-state index contributed by atoms with van der Waals surface area (Å²) in [5.74, 6) is -1.35. The minimum absolute atomic E-state index is 0.0124. The van der Waals surface area contributed by atoms with Gasteiger partial charge in [-0.3, -0.25) is 0 Å². The van der Waals surface area contributed by atoms with Crippen molar-refractivity contribution in [3.05, 3.63) is 35.1 Å². The van der Waals surface area contributed by atoms with E-state index >= 15 is 0 Å². The van der Waals surface area contributed by atoms with Crippen LogP contribution in [0.1, 0.15) is 44.4 Å². The van der Waals surface area contributed by atoms with Crippen LogP contribution in [0.4, 0.5) is 17.6 Å². The third-order valence-corrected chi connectivity index (χ3v) is 3.27. The lowest BCUT2D eigenvalue weighted by Crippen LogP contribution is -2.36. The minimum Gasteiger partial charge on any atom is -0.388 e. The summed E-state index contributed by atoms with van der Waals surface area (Å²) in [4.78, 5) is 0. The highest BCUT2D eigenvalue weighted by Gasteiger charge is 2.35. The molecule has 0 spiro atoms. The van der Waals surface area contributed by atoms with Gasteiger partial charge in [-0.05, 0) is 29.5 Å². The first kappa shape index (κ1) is 16.9. The molecule has 3 N–H and O–H groups in total. The Hall–Kier alpha value is -1.14. The average Bonchev–Trinajstić information content (AvgIpc) is 2.26. The third-order valence-electron chi connectivity index (χ3n) is 3.27. The number of rotatable bonds is 3. The zero-order valence-corrected chi connectivity index (χ0v) is 11.6. The number of hydrogen-bond donors (Lipinski definition) is 2. The molecule has 2 atom stereocenters. The van der Waals surface area contributed by atoms with Crippen LogP contribution >= 0.6 is 0 Å². The van der Waals surface area contributed by atoms with Gasteiger partial charge in [-0.15, -0.1) is 0 Å². The number of hydrogen-bond acceptors (Lipinski definition) is 2. The third kappa shape index (κ3) is 4.18. The van der Waals surface area contributed by atoms with Gasteiger partial charge in [0.25, 0.3) is 0 Å². The van der Waals surface area contributed by atoms with Crippen molar-refractivity contribution in [1.29, 1.82) is 0 Å². The molecule has 0 unspecified atom stereocenters. The molecular formula is C14H19F4NO. The quantitative estimate of drug-likeness (QED) is 0.836. The summed E-state index contributed by atoms with van der Waals surface area (Å²) in [5, 5.41) is 9.97. The van der Waals surface area contributed by atoms with Crippen LogP contribution in [0, 0.1) is 11.2 Å². The number of aliphatic hydroxyl groups excluding tert-OH is 1. The molecule has 2 nitrogen and oxygen atoms in total. The molecule has 1 aromatic carbocycles. The molecule has 0 heterocycles. The van der Waals surface area contributed by atoms with Crippen LogP contribution in [0.2, 0.25) is 0 Å². The molecule has 0 fully saturated rings. The molecule has 1 rings (SSSR count). The molecule has 20 heavy (non-hydrogen) atoms. The molecule has 0 aliphatic carbocycles. The van der Waals surface area contributed by atoms with Gasteiger partial charge in [-0.1, -0.05) is 26.8 Å². The topological polar surface area (TPSA) is 46.2 Å². The molecule has 1 aromatic rings. The van der Waals surface area contributed by atoms with Crippen molar-refractivity contribution in [2.45, 2.75) is 45.5 Å². The van der Waals surface area contributed by atoms with Crippen LogP contribution in [0.15, 0.2) is 18.2 Å². The van der Waals surface area contributed by atoms with E-state index in [4.69, 9.17) is 5.73 Å². The molecular weight excluding hydrogens is 274 g/mol. The van der Waals surface area contributed by atoms with E-state index in [0.29, 0.717) is 12.1 Å². The van der Waals surface area contributed by atoms with Crippen molar-refractivity contribution < 1.29 is 22.7 Å². The number of benzene rings is 1. The van der Waals surface area contributed by atoms with E-state index in [0.717, 1.165) is 6.07 Å². The van der Waals surface area contributed by atoms with Crippen molar-refractivity contribution >= 4 is 0 Å². The summed E-state index contributed by atoms with van der Waals surface area (Å²) in [6.07, 6.45) is -5.84. The fraction of sp³-hybridized carbons (Fsp3) is 0.571. The van der Waals surface area contributed by atoms with E-state index in [1.165, 1.54) is 0 Å². The normalized spacial score (nSPS) is 16.1. The van der Waals surface area contributed by atoms with E-state index in [-0.39, 0.29) is 17.4 Å². The minimum atomic E-state index is -4.79. The summed E-state index contributed by atoms with van der Waals surface area (Å²) in [6.45, 7) is 5.61. The first-order valence-electron chi connectivity index (χ1n) is 6.23. The second kappa shape index (κ2) is 5.69. The number of nitrogens with two attached hydrogens (primary N) is 1. The molecule has 6 heteroatoms. The van der Waals surface area contributed by atoms with E-state index in [9.17, 15) is 22.7 Å². The average molecular weight is 293 g/mol. The number of alkyl halides is 3. The molecule has 0 saturated carbocycles. The molecule has 0 saturated heterocycles. The maximum absolute atomic E-state index is 13.2. The highest BCUT2D eigenvalue weighted by atomic mass is 19.4. The van der Waals surface area contributed by atoms with Gasteiger partial charge in [0, 0.05) is 6.04 Å². The highest BCUT2D eigenvalue weighted by Crippen LogP contribution is 2.34. The Balaban J connectivity index is 2.98. The molecule has 0 aliphatic rings. The maximum atomic E-state index is 13.2. The Bertz CT molecular complexity index is 465. The summed E-state index contributed by atoms with van der Waals surface area (Å²) >= 11 is 0. The first-order valence-corrected chi connectivity index (χ1v) is 6.23. The number of halogens is 4. The Morgan fingerprint density at radius 3 is 2.20 bits per heavy atom. The van der Waals surface area contributed by atoms with E-state index in [2.05, 4.69) is 0 Å². The summed E-state index contributed by atoms with van der Waals surface area (Å²) in [5.41, 5.74) is 4.24. The van der Waals surface area contributed by atoms with Crippen LogP contribution in [-0.4, -0.2) is 11.1 Å². The fourth-order valence-corrected chi connectivity index (χ4v) is 1.70. The van der Waals surface area contributed by atoms with E-state index in [1.807, 2.05) is 20.8 Å². The van der Waals surface area contributed by atoms with Gasteiger partial charge in [0.15, 0.2) is 0 Å². The second-order valence-electron chi connectivity index (χ2n) is 5.96. The zero-order chi connectivity index (χ0) is 15.7. The molecule has 0 bridgehead atoms. The predicted molar refractivity (Wildman–Crippen MR) is 68.4 cm³/mol. The second-order valence-corrected chi connectivity index (χ2v) is 5.96. The van der Waals surface area contributed by atoms with Gasteiger partial charge in [-0.2, -0.15) is 13.2 Å². The largest absolute Gasteiger partial charge is 0.419 e. The lowest BCUT2D eigenvalue weighted by molar-refractivity contribution is -0.140. The zero-order valence-electron chi connectivity index (χ0n) is 11.6. The van der Waals surface area contributed by atoms with Crippen molar-refractivity contribution in [2.24, 2.45) is 11.1 Å². The molecule has 0 amide bonds. The van der Waals surface area contributed by atoms with Crippen molar-refractivity contribution in [3.8, 4) is 0 Å². The smallest absolute Gasteiger partial charge is 0.388 e. The summed E-state index contributed by atoms with van der Waals surface area (Å²) < 4.78 is 50.9. The van der Waals surface area contributed by atoms with E-state index < -0.39 is 29.7 Å². The summed E-state index contributed by atoms with van der Waals surface area (Å²) in [6, 6.07) is 2.10. The van der Waals surface area contributed by atoms with Gasteiger partial charge in [0.1, 0.15) is 5.82 Å². The van der Waals surface area contributed by atoms with Crippen molar-refractivity contribution in [1.82, 2.24) is 0 Å².